The Kier molecular flexibility index (Phi) is 9.08. The first-order valence-electron chi connectivity index (χ1n) is 9.73. The number of hydrogen-bond donors (Lipinski definition) is 1. The van der Waals surface area contributed by atoms with Gasteiger partial charge in [0.25, 0.3) is 0 Å². The Balaban J connectivity index is 2.10. The van der Waals surface area contributed by atoms with Gasteiger partial charge in [0.15, 0.2) is 0 Å². The van der Waals surface area contributed by atoms with E-state index in [1.54, 1.807) is 17.9 Å². The highest BCUT2D eigenvalue weighted by molar-refractivity contribution is 7.99. The number of halogens is 2. The number of benzene rings is 2. The predicted octanol–water partition coefficient (Wildman–Crippen LogP) is 5.56. The Hall–Kier alpha value is -1.69. The molecular formula is C23H28Cl2N2O2S. The second kappa shape index (κ2) is 11.1. The summed E-state index contributed by atoms with van der Waals surface area (Å²) in [5.41, 5.74) is 1.56. The van der Waals surface area contributed by atoms with E-state index >= 15 is 0 Å². The molecule has 0 unspecified atom stereocenters. The van der Waals surface area contributed by atoms with Crippen LogP contribution in [0.25, 0.3) is 0 Å². The lowest BCUT2D eigenvalue weighted by molar-refractivity contribution is -0.139. The van der Waals surface area contributed by atoms with Gasteiger partial charge in [-0.1, -0.05) is 47.5 Å². The number of amides is 2. The Morgan fingerprint density at radius 2 is 1.60 bits per heavy atom. The summed E-state index contributed by atoms with van der Waals surface area (Å²) < 4.78 is 0. The Bertz CT molecular complexity index is 884. The Labute approximate surface area is 193 Å². The van der Waals surface area contributed by atoms with Gasteiger partial charge in [-0.05, 0) is 63.1 Å². The van der Waals surface area contributed by atoms with Crippen LogP contribution in [0.5, 0.6) is 0 Å². The third-order valence-electron chi connectivity index (χ3n) is 4.29. The number of nitrogens with zero attached hydrogens (tertiary/aromatic N) is 1. The lowest BCUT2D eigenvalue weighted by Gasteiger charge is -2.31. The van der Waals surface area contributed by atoms with Crippen LogP contribution >= 0.6 is 35.0 Å². The molecule has 30 heavy (non-hydrogen) atoms. The minimum atomic E-state index is -0.609. The van der Waals surface area contributed by atoms with Crippen molar-refractivity contribution in [3.8, 4) is 0 Å². The van der Waals surface area contributed by atoms with Crippen LogP contribution in [-0.4, -0.2) is 34.0 Å². The maximum atomic E-state index is 13.1. The van der Waals surface area contributed by atoms with E-state index in [9.17, 15) is 9.59 Å². The quantitative estimate of drug-likeness (QED) is 0.553. The zero-order valence-electron chi connectivity index (χ0n) is 17.7. The maximum Gasteiger partial charge on any atom is 0.242 e. The van der Waals surface area contributed by atoms with Gasteiger partial charge in [0.05, 0.1) is 5.75 Å². The maximum absolute atomic E-state index is 13.1. The van der Waals surface area contributed by atoms with Crippen LogP contribution in [0.1, 0.15) is 38.8 Å². The lowest BCUT2D eigenvalue weighted by atomic mass is 10.1. The summed E-state index contributed by atoms with van der Waals surface area (Å²) in [5.74, 6) is 0.649. The molecule has 2 rings (SSSR count). The van der Waals surface area contributed by atoms with Crippen molar-refractivity contribution in [2.45, 2.75) is 51.6 Å². The molecule has 0 fully saturated rings. The van der Waals surface area contributed by atoms with E-state index < -0.39 is 6.04 Å². The molecule has 2 amide bonds. The molecule has 162 valence electrons. The van der Waals surface area contributed by atoms with E-state index in [1.807, 2.05) is 63.2 Å². The van der Waals surface area contributed by atoms with Crippen LogP contribution in [0.2, 0.25) is 10.0 Å². The van der Waals surface area contributed by atoms with Crippen LogP contribution in [0, 0.1) is 0 Å². The molecule has 0 aromatic heterocycles. The van der Waals surface area contributed by atoms with Crippen molar-refractivity contribution in [1.82, 2.24) is 10.2 Å². The lowest BCUT2D eigenvalue weighted by Crippen LogP contribution is -2.52. The minimum absolute atomic E-state index is 0.0986. The molecule has 0 aliphatic rings. The highest BCUT2D eigenvalue weighted by Crippen LogP contribution is 2.19. The first-order valence-corrected chi connectivity index (χ1v) is 11.6. The van der Waals surface area contributed by atoms with Gasteiger partial charge < -0.3 is 10.2 Å². The van der Waals surface area contributed by atoms with Gasteiger partial charge in [-0.25, -0.2) is 0 Å². The summed E-state index contributed by atoms with van der Waals surface area (Å²) in [6.07, 6.45) is 0. The highest BCUT2D eigenvalue weighted by Gasteiger charge is 2.28. The van der Waals surface area contributed by atoms with Crippen molar-refractivity contribution in [3.05, 3.63) is 69.7 Å². The van der Waals surface area contributed by atoms with Gasteiger partial charge in [-0.2, -0.15) is 0 Å². The van der Waals surface area contributed by atoms with Crippen molar-refractivity contribution in [1.29, 1.82) is 0 Å². The zero-order valence-corrected chi connectivity index (χ0v) is 20.1. The number of carbonyl (C=O) groups excluding carboxylic acids is 2. The van der Waals surface area contributed by atoms with Crippen molar-refractivity contribution < 1.29 is 9.59 Å². The van der Waals surface area contributed by atoms with Crippen molar-refractivity contribution in [2.75, 3.05) is 5.75 Å². The van der Waals surface area contributed by atoms with E-state index in [2.05, 4.69) is 5.32 Å². The van der Waals surface area contributed by atoms with E-state index in [-0.39, 0.29) is 23.1 Å². The number of carbonyl (C=O) groups is 2. The SMILES string of the molecule is C[C@H](C(=O)NC(C)(C)C)N(Cc1cccc(Cl)c1)C(=O)CSCc1cccc(Cl)c1. The standard InChI is InChI=1S/C23H28Cl2N2O2S/c1-16(22(29)26-23(2,3)4)27(13-17-7-5-9-19(24)11-17)21(28)15-30-14-18-8-6-10-20(25)12-18/h5-12,16H,13-15H2,1-4H3,(H,26,29)/t16-/m1/s1. The molecule has 0 heterocycles. The van der Waals surface area contributed by atoms with Gasteiger partial charge in [0, 0.05) is 27.9 Å². The second-order valence-corrected chi connectivity index (χ2v) is 10.0. The Morgan fingerprint density at radius 1 is 1.03 bits per heavy atom. The molecule has 0 saturated carbocycles. The van der Waals surface area contributed by atoms with Gasteiger partial charge in [0.2, 0.25) is 11.8 Å². The average molecular weight is 467 g/mol. The number of hydrogen-bond acceptors (Lipinski definition) is 3. The second-order valence-electron chi connectivity index (χ2n) is 8.19. The monoisotopic (exact) mass is 466 g/mol. The topological polar surface area (TPSA) is 49.4 Å². The van der Waals surface area contributed by atoms with E-state index in [0.29, 0.717) is 22.3 Å². The van der Waals surface area contributed by atoms with Crippen LogP contribution in [0.3, 0.4) is 0 Å². The largest absolute Gasteiger partial charge is 0.350 e. The molecule has 0 radical (unpaired) electrons. The first-order chi connectivity index (χ1) is 14.0. The van der Waals surface area contributed by atoms with Crippen molar-refractivity contribution in [3.63, 3.8) is 0 Å². The van der Waals surface area contributed by atoms with Crippen LogP contribution in [0.15, 0.2) is 48.5 Å². The summed E-state index contributed by atoms with van der Waals surface area (Å²) in [6, 6.07) is 14.3. The fraction of sp³-hybridized carbons (Fsp3) is 0.391. The molecule has 2 aromatic carbocycles. The fourth-order valence-corrected chi connectivity index (χ4v) is 4.14. The third kappa shape index (κ3) is 8.21. The van der Waals surface area contributed by atoms with E-state index in [1.165, 1.54) is 11.8 Å². The zero-order chi connectivity index (χ0) is 22.3. The molecule has 7 heteroatoms. The normalized spacial score (nSPS) is 12.3. The molecule has 0 spiro atoms. The molecule has 0 saturated heterocycles. The van der Waals surface area contributed by atoms with E-state index in [0.717, 1.165) is 11.1 Å². The van der Waals surface area contributed by atoms with Crippen LogP contribution in [0.4, 0.5) is 0 Å². The predicted molar refractivity (Wildman–Crippen MR) is 127 cm³/mol. The molecule has 0 bridgehead atoms. The molecule has 0 aliphatic carbocycles. The van der Waals surface area contributed by atoms with E-state index in [4.69, 9.17) is 23.2 Å². The molecule has 4 nitrogen and oxygen atoms in total. The minimum Gasteiger partial charge on any atom is -0.350 e. The first kappa shape index (κ1) is 24.6. The summed E-state index contributed by atoms with van der Waals surface area (Å²) >= 11 is 13.6. The number of rotatable bonds is 8. The third-order valence-corrected chi connectivity index (χ3v) is 5.75. The summed E-state index contributed by atoms with van der Waals surface area (Å²) in [6.45, 7) is 7.83. The highest BCUT2D eigenvalue weighted by atomic mass is 35.5. The van der Waals surface area contributed by atoms with Gasteiger partial charge in [0.1, 0.15) is 6.04 Å². The Morgan fingerprint density at radius 3 is 2.17 bits per heavy atom. The molecule has 1 N–H and O–H groups in total. The molecule has 2 aromatic rings. The molecular weight excluding hydrogens is 439 g/mol. The summed E-state index contributed by atoms with van der Waals surface area (Å²) in [7, 11) is 0. The van der Waals surface area contributed by atoms with Gasteiger partial charge in [-0.3, -0.25) is 9.59 Å². The number of thioether (sulfide) groups is 1. The molecule has 1 atom stereocenters. The smallest absolute Gasteiger partial charge is 0.242 e. The summed E-state index contributed by atoms with van der Waals surface area (Å²) in [4.78, 5) is 27.4. The van der Waals surface area contributed by atoms with Crippen LogP contribution < -0.4 is 5.32 Å². The van der Waals surface area contributed by atoms with Crippen LogP contribution in [-0.2, 0) is 21.9 Å². The average Bonchev–Trinajstić information content (AvgIpc) is 2.64. The van der Waals surface area contributed by atoms with Gasteiger partial charge >= 0.3 is 0 Å². The van der Waals surface area contributed by atoms with Crippen molar-refractivity contribution in [2.24, 2.45) is 0 Å². The summed E-state index contributed by atoms with van der Waals surface area (Å²) in [5, 5.41) is 4.23. The van der Waals surface area contributed by atoms with Crippen molar-refractivity contribution >= 4 is 46.8 Å². The number of nitrogens with one attached hydrogen (secondary N) is 1. The fourth-order valence-electron chi connectivity index (χ4n) is 2.85. The van der Waals surface area contributed by atoms with Gasteiger partial charge in [-0.15, -0.1) is 11.8 Å². The molecule has 0 aliphatic heterocycles.